The Hall–Kier alpha value is -0.980. The number of nitrogens with two attached hydrogens (primary N) is 1. The lowest BCUT2D eigenvalue weighted by molar-refractivity contribution is 1.46. The molecule has 0 aliphatic rings. The lowest BCUT2D eigenvalue weighted by Gasteiger charge is -1.89. The summed E-state index contributed by atoms with van der Waals surface area (Å²) in [5, 5.41) is 0. The molecular formula is C7H8N. The van der Waals surface area contributed by atoms with E-state index < -0.39 is 0 Å². The fourth-order valence-corrected chi connectivity index (χ4v) is 0.515. The van der Waals surface area contributed by atoms with Gasteiger partial charge in [-0.1, -0.05) is 6.07 Å². The Labute approximate surface area is 49.1 Å². The van der Waals surface area contributed by atoms with Gasteiger partial charge in [0.2, 0.25) is 0 Å². The number of nitrogen functional groups attached to an aromatic ring is 1. The molecule has 1 radical (unpaired) electrons. The van der Waals surface area contributed by atoms with Crippen molar-refractivity contribution in [3.8, 4) is 0 Å². The second-order valence-corrected chi connectivity index (χ2v) is 1.81. The van der Waals surface area contributed by atoms with Crippen LogP contribution in [0, 0.1) is 13.0 Å². The fraction of sp³-hybridized carbons (Fsp3) is 0.143. The van der Waals surface area contributed by atoms with E-state index in [1.807, 2.05) is 19.1 Å². The van der Waals surface area contributed by atoms with Crippen LogP contribution < -0.4 is 5.73 Å². The molecule has 1 aromatic carbocycles. The molecule has 1 aromatic rings. The van der Waals surface area contributed by atoms with Gasteiger partial charge in [0.05, 0.1) is 0 Å². The first-order valence-electron chi connectivity index (χ1n) is 2.53. The third kappa shape index (κ3) is 0.997. The van der Waals surface area contributed by atoms with Gasteiger partial charge in [0.25, 0.3) is 0 Å². The maximum absolute atomic E-state index is 5.40. The van der Waals surface area contributed by atoms with E-state index in [9.17, 15) is 0 Å². The molecule has 0 bridgehead atoms. The summed E-state index contributed by atoms with van der Waals surface area (Å²) in [5.41, 5.74) is 7.29. The predicted octanol–water partition coefficient (Wildman–Crippen LogP) is 1.38. The van der Waals surface area contributed by atoms with Crippen molar-refractivity contribution in [1.29, 1.82) is 0 Å². The van der Waals surface area contributed by atoms with Gasteiger partial charge in [0.1, 0.15) is 0 Å². The summed E-state index contributed by atoms with van der Waals surface area (Å²) in [6.45, 7) is 1.99. The predicted molar refractivity (Wildman–Crippen MR) is 34.4 cm³/mol. The second-order valence-electron chi connectivity index (χ2n) is 1.81. The van der Waals surface area contributed by atoms with E-state index >= 15 is 0 Å². The molecule has 0 saturated carbocycles. The molecule has 0 amide bonds. The van der Waals surface area contributed by atoms with Crippen LogP contribution in [0.4, 0.5) is 5.69 Å². The van der Waals surface area contributed by atoms with Crippen molar-refractivity contribution >= 4 is 5.69 Å². The highest BCUT2D eigenvalue weighted by atomic mass is 14.5. The zero-order valence-corrected chi connectivity index (χ0v) is 4.81. The average molecular weight is 106 g/mol. The Balaban J connectivity index is 3.03. The van der Waals surface area contributed by atoms with Crippen molar-refractivity contribution in [2.75, 3.05) is 5.73 Å². The normalized spacial score (nSPS) is 9.12. The van der Waals surface area contributed by atoms with E-state index in [1.165, 1.54) is 0 Å². The molecule has 0 aromatic heterocycles. The third-order valence-electron chi connectivity index (χ3n) is 0.992. The van der Waals surface area contributed by atoms with Crippen LogP contribution in [0.1, 0.15) is 5.56 Å². The molecule has 0 fully saturated rings. The summed E-state index contributed by atoms with van der Waals surface area (Å²) < 4.78 is 0. The molecule has 0 aliphatic heterocycles. The summed E-state index contributed by atoms with van der Waals surface area (Å²) >= 11 is 0. The molecule has 1 nitrogen and oxygen atoms in total. The van der Waals surface area contributed by atoms with E-state index in [0.717, 1.165) is 11.3 Å². The molecule has 1 heteroatoms. The van der Waals surface area contributed by atoms with Gasteiger partial charge in [0.15, 0.2) is 0 Å². The Bertz CT molecular complexity index is 143. The molecule has 0 spiro atoms. The van der Waals surface area contributed by atoms with Gasteiger partial charge in [-0.2, -0.15) is 0 Å². The Morgan fingerprint density at radius 1 is 1.50 bits per heavy atom. The maximum Gasteiger partial charge on any atom is 0.0320 e. The molecule has 1 rings (SSSR count). The summed E-state index contributed by atoms with van der Waals surface area (Å²) in [6.07, 6.45) is 0. The van der Waals surface area contributed by atoms with Gasteiger partial charge in [-0.15, -0.1) is 0 Å². The molecule has 41 valence electrons. The maximum atomic E-state index is 5.40. The molecule has 0 unspecified atom stereocenters. The molecule has 0 aliphatic carbocycles. The van der Waals surface area contributed by atoms with E-state index in [2.05, 4.69) is 6.07 Å². The van der Waals surface area contributed by atoms with Gasteiger partial charge in [0, 0.05) is 5.69 Å². The van der Waals surface area contributed by atoms with Crippen molar-refractivity contribution < 1.29 is 0 Å². The number of hydrogen-bond donors (Lipinski definition) is 1. The zero-order chi connectivity index (χ0) is 5.98. The van der Waals surface area contributed by atoms with E-state index in [4.69, 9.17) is 5.73 Å². The van der Waals surface area contributed by atoms with Crippen molar-refractivity contribution in [3.63, 3.8) is 0 Å². The van der Waals surface area contributed by atoms with Crippen LogP contribution >= 0.6 is 0 Å². The number of rotatable bonds is 0. The van der Waals surface area contributed by atoms with Gasteiger partial charge >= 0.3 is 0 Å². The zero-order valence-electron chi connectivity index (χ0n) is 4.81. The Kier molecular flexibility index (Phi) is 1.20. The standard InChI is InChI=1S/C7H8N/c1-6-2-4-7(8)5-3-6/h2,4-5H,8H2,1H3. The van der Waals surface area contributed by atoms with Gasteiger partial charge in [-0.05, 0) is 30.7 Å². The highest BCUT2D eigenvalue weighted by Crippen LogP contribution is 2.01. The van der Waals surface area contributed by atoms with Crippen molar-refractivity contribution in [2.45, 2.75) is 6.92 Å². The first kappa shape index (κ1) is 5.16. The summed E-state index contributed by atoms with van der Waals surface area (Å²) in [7, 11) is 0. The van der Waals surface area contributed by atoms with Crippen molar-refractivity contribution in [1.82, 2.24) is 0 Å². The molecule has 8 heavy (non-hydrogen) atoms. The average Bonchev–Trinajstić information content (AvgIpc) is 1.77. The molecule has 0 heterocycles. The van der Waals surface area contributed by atoms with Gasteiger partial charge in [-0.3, -0.25) is 0 Å². The summed E-state index contributed by atoms with van der Waals surface area (Å²) in [4.78, 5) is 0. The van der Waals surface area contributed by atoms with Crippen molar-refractivity contribution in [2.24, 2.45) is 0 Å². The van der Waals surface area contributed by atoms with Crippen LogP contribution in [0.25, 0.3) is 0 Å². The van der Waals surface area contributed by atoms with Gasteiger partial charge < -0.3 is 5.73 Å². The number of benzene rings is 1. The third-order valence-corrected chi connectivity index (χ3v) is 0.992. The number of aryl methyl sites for hydroxylation is 1. The van der Waals surface area contributed by atoms with Crippen LogP contribution in [-0.2, 0) is 0 Å². The summed E-state index contributed by atoms with van der Waals surface area (Å²) in [5.74, 6) is 0. The van der Waals surface area contributed by atoms with Crippen LogP contribution in [-0.4, -0.2) is 0 Å². The Morgan fingerprint density at radius 3 is 2.62 bits per heavy atom. The van der Waals surface area contributed by atoms with Crippen LogP contribution in [0.3, 0.4) is 0 Å². The number of anilines is 1. The largest absolute Gasteiger partial charge is 0.399 e. The fourth-order valence-electron chi connectivity index (χ4n) is 0.515. The molecular weight excluding hydrogens is 98.1 g/mol. The summed E-state index contributed by atoms with van der Waals surface area (Å²) in [6, 6.07) is 8.55. The SMILES string of the molecule is Cc1[c]cc(N)cc1. The lowest BCUT2D eigenvalue weighted by Crippen LogP contribution is -1.82. The molecule has 0 saturated heterocycles. The Morgan fingerprint density at radius 2 is 2.25 bits per heavy atom. The smallest absolute Gasteiger partial charge is 0.0320 e. The van der Waals surface area contributed by atoms with Crippen molar-refractivity contribution in [3.05, 3.63) is 29.8 Å². The minimum absolute atomic E-state index is 0.774. The van der Waals surface area contributed by atoms with E-state index in [-0.39, 0.29) is 0 Å². The highest BCUT2D eigenvalue weighted by molar-refractivity contribution is 5.37. The second kappa shape index (κ2) is 1.86. The lowest BCUT2D eigenvalue weighted by atomic mass is 10.2. The quantitative estimate of drug-likeness (QED) is 0.497. The highest BCUT2D eigenvalue weighted by Gasteiger charge is 1.81. The van der Waals surface area contributed by atoms with Crippen LogP contribution in [0.15, 0.2) is 18.2 Å². The minimum atomic E-state index is 0.774. The first-order valence-corrected chi connectivity index (χ1v) is 2.53. The van der Waals surface area contributed by atoms with E-state index in [0.29, 0.717) is 0 Å². The van der Waals surface area contributed by atoms with Crippen LogP contribution in [0.5, 0.6) is 0 Å². The topological polar surface area (TPSA) is 26.0 Å². The van der Waals surface area contributed by atoms with E-state index in [1.54, 1.807) is 6.07 Å². The monoisotopic (exact) mass is 106 g/mol. The number of hydrogen-bond acceptors (Lipinski definition) is 1. The molecule has 2 N–H and O–H groups in total. The van der Waals surface area contributed by atoms with Crippen LogP contribution in [0.2, 0.25) is 0 Å². The van der Waals surface area contributed by atoms with Gasteiger partial charge in [-0.25, -0.2) is 0 Å². The first-order chi connectivity index (χ1) is 3.79. The molecule has 0 atom stereocenters. The minimum Gasteiger partial charge on any atom is -0.399 e.